The Balaban J connectivity index is 1.43. The molecular formula is C14H18N2O2S. The van der Waals surface area contributed by atoms with Crippen LogP contribution >= 0.6 is 11.3 Å². The fourth-order valence-electron chi connectivity index (χ4n) is 2.56. The molecular weight excluding hydrogens is 260 g/mol. The number of carbonyl (C=O) groups excluding carboxylic acids is 2. The van der Waals surface area contributed by atoms with Crippen molar-refractivity contribution in [2.45, 2.75) is 44.2 Å². The normalized spacial score (nSPS) is 22.8. The highest BCUT2D eigenvalue weighted by atomic mass is 32.1. The van der Waals surface area contributed by atoms with Gasteiger partial charge in [0.05, 0.1) is 6.04 Å². The van der Waals surface area contributed by atoms with Crippen molar-refractivity contribution in [3.8, 4) is 0 Å². The Morgan fingerprint density at radius 1 is 1.47 bits per heavy atom. The zero-order valence-electron chi connectivity index (χ0n) is 10.8. The molecule has 1 saturated heterocycles. The summed E-state index contributed by atoms with van der Waals surface area (Å²) in [6.07, 6.45) is 4.03. The first-order valence-electron chi connectivity index (χ1n) is 6.83. The van der Waals surface area contributed by atoms with Crippen LogP contribution in [0.4, 0.5) is 0 Å². The lowest BCUT2D eigenvalue weighted by Crippen LogP contribution is -2.37. The SMILES string of the molecule is O=C(CCc1cccs1)NC1CC(=O)N(C2CC2)C1. The molecule has 2 amide bonds. The van der Waals surface area contributed by atoms with Gasteiger partial charge in [0.15, 0.2) is 0 Å². The number of amides is 2. The van der Waals surface area contributed by atoms with Crippen molar-refractivity contribution in [2.75, 3.05) is 6.54 Å². The molecule has 0 aromatic carbocycles. The van der Waals surface area contributed by atoms with Crippen LogP contribution in [0.25, 0.3) is 0 Å². The minimum absolute atomic E-state index is 0.0175. The molecule has 4 nitrogen and oxygen atoms in total. The van der Waals surface area contributed by atoms with Gasteiger partial charge in [0.2, 0.25) is 11.8 Å². The molecule has 1 aromatic rings. The lowest BCUT2D eigenvalue weighted by Gasteiger charge is -2.16. The van der Waals surface area contributed by atoms with Crippen molar-refractivity contribution in [3.05, 3.63) is 22.4 Å². The molecule has 1 N–H and O–H groups in total. The number of aryl methyl sites for hydroxylation is 1. The Bertz CT molecular complexity index is 468. The molecule has 19 heavy (non-hydrogen) atoms. The summed E-state index contributed by atoms with van der Waals surface area (Å²) in [6.45, 7) is 0.703. The largest absolute Gasteiger partial charge is 0.351 e. The molecule has 2 aliphatic rings. The van der Waals surface area contributed by atoms with Gasteiger partial charge < -0.3 is 10.2 Å². The Hall–Kier alpha value is -1.36. The molecule has 3 rings (SSSR count). The van der Waals surface area contributed by atoms with Gasteiger partial charge in [-0.15, -0.1) is 11.3 Å². The highest BCUT2D eigenvalue weighted by Crippen LogP contribution is 2.30. The maximum Gasteiger partial charge on any atom is 0.225 e. The van der Waals surface area contributed by atoms with Crippen LogP contribution in [0, 0.1) is 0 Å². The predicted molar refractivity (Wildman–Crippen MR) is 73.9 cm³/mol. The number of nitrogens with one attached hydrogen (secondary N) is 1. The summed E-state index contributed by atoms with van der Waals surface area (Å²) in [4.78, 5) is 26.8. The third-order valence-electron chi connectivity index (χ3n) is 3.69. The number of rotatable bonds is 5. The molecule has 1 atom stereocenters. The molecule has 0 bridgehead atoms. The summed E-state index contributed by atoms with van der Waals surface area (Å²) in [5, 5.41) is 5.01. The first kappa shape index (κ1) is 12.7. The number of likely N-dealkylation sites (tertiary alicyclic amines) is 1. The molecule has 1 aliphatic carbocycles. The van der Waals surface area contributed by atoms with Crippen molar-refractivity contribution in [3.63, 3.8) is 0 Å². The van der Waals surface area contributed by atoms with E-state index in [1.807, 2.05) is 22.4 Å². The Labute approximate surface area is 116 Å². The Kier molecular flexibility index (Phi) is 3.55. The van der Waals surface area contributed by atoms with Crippen molar-refractivity contribution in [1.82, 2.24) is 10.2 Å². The van der Waals surface area contributed by atoms with Gasteiger partial charge in [-0.2, -0.15) is 0 Å². The highest BCUT2D eigenvalue weighted by molar-refractivity contribution is 7.09. The van der Waals surface area contributed by atoms with Gasteiger partial charge >= 0.3 is 0 Å². The standard InChI is InChI=1S/C14H18N2O2S/c17-13(6-5-12-2-1-7-19-12)15-10-8-14(18)16(9-10)11-3-4-11/h1-2,7,10-11H,3-6,8-9H2,(H,15,17). The number of hydrogen-bond donors (Lipinski definition) is 1. The fourth-order valence-corrected chi connectivity index (χ4v) is 3.27. The van der Waals surface area contributed by atoms with Crippen molar-refractivity contribution < 1.29 is 9.59 Å². The molecule has 1 aliphatic heterocycles. The average Bonchev–Trinajstić information content (AvgIpc) is 2.96. The van der Waals surface area contributed by atoms with E-state index in [0.717, 1.165) is 19.3 Å². The van der Waals surface area contributed by atoms with Crippen LogP contribution in [0.3, 0.4) is 0 Å². The van der Waals surface area contributed by atoms with Gasteiger partial charge in [-0.1, -0.05) is 6.07 Å². The molecule has 5 heteroatoms. The molecule has 0 spiro atoms. The van der Waals surface area contributed by atoms with Gasteiger partial charge in [0.25, 0.3) is 0 Å². The summed E-state index contributed by atoms with van der Waals surface area (Å²) in [7, 11) is 0. The maximum atomic E-state index is 11.9. The third-order valence-corrected chi connectivity index (χ3v) is 4.63. The molecule has 0 radical (unpaired) electrons. The van der Waals surface area contributed by atoms with E-state index in [9.17, 15) is 9.59 Å². The summed E-state index contributed by atoms with van der Waals surface area (Å²) >= 11 is 1.68. The summed E-state index contributed by atoms with van der Waals surface area (Å²) in [5.74, 6) is 0.259. The van der Waals surface area contributed by atoms with Crippen LogP contribution in [0.5, 0.6) is 0 Å². The number of thiophene rings is 1. The first-order chi connectivity index (χ1) is 9.22. The monoisotopic (exact) mass is 278 g/mol. The van der Waals surface area contributed by atoms with Crippen LogP contribution in [0.15, 0.2) is 17.5 Å². The van der Waals surface area contributed by atoms with E-state index in [1.165, 1.54) is 4.88 Å². The van der Waals surface area contributed by atoms with Crippen LogP contribution in [-0.2, 0) is 16.0 Å². The van der Waals surface area contributed by atoms with Gasteiger partial charge in [0, 0.05) is 30.3 Å². The van der Waals surface area contributed by atoms with E-state index >= 15 is 0 Å². The van der Waals surface area contributed by atoms with Gasteiger partial charge in [-0.3, -0.25) is 9.59 Å². The van der Waals surface area contributed by atoms with Crippen LogP contribution in [0.2, 0.25) is 0 Å². The molecule has 2 heterocycles. The maximum absolute atomic E-state index is 11.9. The first-order valence-corrected chi connectivity index (χ1v) is 7.71. The topological polar surface area (TPSA) is 49.4 Å². The average molecular weight is 278 g/mol. The van der Waals surface area contributed by atoms with E-state index < -0.39 is 0 Å². The second-order valence-electron chi connectivity index (χ2n) is 5.33. The summed E-state index contributed by atoms with van der Waals surface area (Å²) in [5.41, 5.74) is 0. The van der Waals surface area contributed by atoms with Crippen molar-refractivity contribution in [1.29, 1.82) is 0 Å². The van der Waals surface area contributed by atoms with Gasteiger partial charge in [0.1, 0.15) is 0 Å². The zero-order valence-corrected chi connectivity index (χ0v) is 11.6. The predicted octanol–water partition coefficient (Wildman–Crippen LogP) is 1.56. The fraction of sp³-hybridized carbons (Fsp3) is 0.571. The van der Waals surface area contributed by atoms with Crippen molar-refractivity contribution in [2.24, 2.45) is 0 Å². The van der Waals surface area contributed by atoms with Crippen molar-refractivity contribution >= 4 is 23.2 Å². The summed E-state index contributed by atoms with van der Waals surface area (Å²) in [6, 6.07) is 4.52. The second-order valence-corrected chi connectivity index (χ2v) is 6.36. The summed E-state index contributed by atoms with van der Waals surface area (Å²) < 4.78 is 0. The molecule has 2 fully saturated rings. The number of nitrogens with zero attached hydrogens (tertiary/aromatic N) is 1. The Morgan fingerprint density at radius 2 is 2.32 bits per heavy atom. The van der Waals surface area contributed by atoms with Crippen LogP contribution in [-0.4, -0.2) is 35.3 Å². The van der Waals surface area contributed by atoms with Crippen LogP contribution < -0.4 is 5.32 Å². The smallest absolute Gasteiger partial charge is 0.225 e. The number of carbonyl (C=O) groups is 2. The minimum Gasteiger partial charge on any atom is -0.351 e. The minimum atomic E-state index is 0.0175. The highest BCUT2D eigenvalue weighted by Gasteiger charge is 2.39. The lowest BCUT2D eigenvalue weighted by molar-refractivity contribution is -0.128. The van der Waals surface area contributed by atoms with E-state index in [0.29, 0.717) is 25.4 Å². The van der Waals surface area contributed by atoms with Crippen LogP contribution in [0.1, 0.15) is 30.6 Å². The quantitative estimate of drug-likeness (QED) is 0.888. The second kappa shape index (κ2) is 5.33. The zero-order chi connectivity index (χ0) is 13.2. The Morgan fingerprint density at radius 3 is 3.00 bits per heavy atom. The van der Waals surface area contributed by atoms with E-state index in [1.54, 1.807) is 11.3 Å². The molecule has 1 unspecified atom stereocenters. The molecule has 1 aromatic heterocycles. The van der Waals surface area contributed by atoms with Gasteiger partial charge in [-0.25, -0.2) is 0 Å². The third kappa shape index (κ3) is 3.15. The lowest BCUT2D eigenvalue weighted by atomic mass is 10.2. The van der Waals surface area contributed by atoms with E-state index in [2.05, 4.69) is 5.32 Å². The van der Waals surface area contributed by atoms with E-state index in [4.69, 9.17) is 0 Å². The molecule has 1 saturated carbocycles. The van der Waals surface area contributed by atoms with E-state index in [-0.39, 0.29) is 17.9 Å². The molecule has 102 valence electrons. The number of hydrogen-bond acceptors (Lipinski definition) is 3. The van der Waals surface area contributed by atoms with Gasteiger partial charge in [-0.05, 0) is 30.7 Å².